The zero-order chi connectivity index (χ0) is 20.9. The molecule has 4 rings (SSSR count). The Morgan fingerprint density at radius 3 is 2.33 bits per heavy atom. The first-order valence-corrected chi connectivity index (χ1v) is 8.96. The molecule has 9 nitrogen and oxygen atoms in total. The quantitative estimate of drug-likeness (QED) is 0.441. The number of nitrogens with zero attached hydrogens (tertiary/aromatic N) is 2. The summed E-state index contributed by atoms with van der Waals surface area (Å²) in [5.74, 6) is -0.498. The fourth-order valence-corrected chi connectivity index (χ4v) is 2.72. The van der Waals surface area contributed by atoms with Gasteiger partial charge in [0.25, 0.3) is 5.91 Å². The van der Waals surface area contributed by atoms with E-state index in [1.54, 1.807) is 25.3 Å². The zero-order valence-corrected chi connectivity index (χ0v) is 15.9. The molecule has 2 aromatic carbocycles. The van der Waals surface area contributed by atoms with Gasteiger partial charge in [0.1, 0.15) is 17.1 Å². The number of ether oxygens (including phenoxy) is 1. The smallest absolute Gasteiger partial charge is 0.308 e. The summed E-state index contributed by atoms with van der Waals surface area (Å²) >= 11 is 0. The van der Waals surface area contributed by atoms with Crippen LogP contribution in [0.3, 0.4) is 0 Å². The first-order chi connectivity index (χ1) is 14.6. The van der Waals surface area contributed by atoms with Gasteiger partial charge in [0, 0.05) is 17.2 Å². The van der Waals surface area contributed by atoms with Gasteiger partial charge in [-0.1, -0.05) is 35.5 Å². The molecule has 0 unspecified atom stereocenters. The first kappa shape index (κ1) is 18.9. The van der Waals surface area contributed by atoms with Crippen molar-refractivity contribution in [1.29, 1.82) is 0 Å². The van der Waals surface area contributed by atoms with Crippen LogP contribution in [0.1, 0.15) is 21.0 Å². The van der Waals surface area contributed by atoms with E-state index in [0.29, 0.717) is 11.4 Å². The van der Waals surface area contributed by atoms with Crippen molar-refractivity contribution >= 4 is 11.8 Å². The number of H-pyrrole nitrogens is 1. The molecule has 2 aromatic heterocycles. The van der Waals surface area contributed by atoms with Crippen LogP contribution in [0.15, 0.2) is 71.3 Å². The molecule has 0 saturated carbocycles. The number of hydrazine groups is 1. The molecule has 2 amide bonds. The van der Waals surface area contributed by atoms with Crippen LogP contribution in [0, 0.1) is 0 Å². The van der Waals surface area contributed by atoms with Crippen LogP contribution < -0.4 is 15.6 Å². The van der Waals surface area contributed by atoms with Gasteiger partial charge >= 0.3 is 5.91 Å². The average Bonchev–Trinajstić information content (AvgIpc) is 3.48. The van der Waals surface area contributed by atoms with E-state index in [-0.39, 0.29) is 11.5 Å². The number of aromatic amines is 1. The lowest BCUT2D eigenvalue weighted by Crippen LogP contribution is -2.41. The highest BCUT2D eigenvalue weighted by atomic mass is 16.5. The Labute approximate surface area is 171 Å². The molecule has 3 N–H and O–H groups in total. The minimum absolute atomic E-state index is 0.0299. The number of benzene rings is 2. The Morgan fingerprint density at radius 1 is 0.900 bits per heavy atom. The third kappa shape index (κ3) is 4.04. The highest BCUT2D eigenvalue weighted by molar-refractivity contribution is 5.97. The predicted octanol–water partition coefficient (Wildman–Crippen LogP) is 2.82. The van der Waals surface area contributed by atoms with E-state index >= 15 is 0 Å². The summed E-state index contributed by atoms with van der Waals surface area (Å²) in [5, 5.41) is 10.6. The Bertz CT molecular complexity index is 1170. The van der Waals surface area contributed by atoms with E-state index in [9.17, 15) is 9.59 Å². The molecule has 30 heavy (non-hydrogen) atoms. The molecule has 0 aliphatic heterocycles. The molecule has 0 aliphatic carbocycles. The molecule has 0 bridgehead atoms. The maximum absolute atomic E-state index is 12.3. The third-order valence-electron chi connectivity index (χ3n) is 4.30. The molecule has 0 spiro atoms. The van der Waals surface area contributed by atoms with E-state index in [2.05, 4.69) is 26.2 Å². The standard InChI is InChI=1S/C21H17N5O4/c1-29-15-9-7-14(8-10-15)16-11-18(23-22-16)20(27)24-25-21(28)19-12-17(26-30-19)13-5-3-2-4-6-13/h2-12H,1H3,(H,22,23)(H,24,27)(H,25,28). The van der Waals surface area contributed by atoms with Crippen LogP contribution in [0.25, 0.3) is 22.5 Å². The second kappa shape index (κ2) is 8.31. The Kier molecular flexibility index (Phi) is 5.25. The van der Waals surface area contributed by atoms with Gasteiger partial charge in [-0.25, -0.2) is 0 Å². The number of amides is 2. The topological polar surface area (TPSA) is 122 Å². The van der Waals surface area contributed by atoms with E-state index in [0.717, 1.165) is 16.9 Å². The molecule has 0 radical (unpaired) electrons. The van der Waals surface area contributed by atoms with Crippen molar-refractivity contribution in [2.75, 3.05) is 7.11 Å². The van der Waals surface area contributed by atoms with Crippen molar-refractivity contribution in [2.45, 2.75) is 0 Å². The third-order valence-corrected chi connectivity index (χ3v) is 4.30. The summed E-state index contributed by atoms with van der Waals surface area (Å²) in [5.41, 5.74) is 7.51. The number of rotatable bonds is 5. The average molecular weight is 403 g/mol. The van der Waals surface area contributed by atoms with Crippen LogP contribution in [0.4, 0.5) is 0 Å². The van der Waals surface area contributed by atoms with Gasteiger partial charge in [-0.2, -0.15) is 5.10 Å². The Balaban J connectivity index is 1.37. The summed E-state index contributed by atoms with van der Waals surface area (Å²) in [4.78, 5) is 24.5. The monoisotopic (exact) mass is 403 g/mol. The van der Waals surface area contributed by atoms with Crippen LogP contribution in [-0.2, 0) is 0 Å². The fraction of sp³-hybridized carbons (Fsp3) is 0.0476. The van der Waals surface area contributed by atoms with Gasteiger partial charge in [0.05, 0.1) is 12.8 Å². The van der Waals surface area contributed by atoms with Gasteiger partial charge in [-0.05, 0) is 30.3 Å². The van der Waals surface area contributed by atoms with Crippen LogP contribution >= 0.6 is 0 Å². The highest BCUT2D eigenvalue weighted by Crippen LogP contribution is 2.21. The van der Waals surface area contributed by atoms with Crippen molar-refractivity contribution in [3.05, 3.63) is 78.2 Å². The molecule has 9 heteroatoms. The molecule has 0 fully saturated rings. The highest BCUT2D eigenvalue weighted by Gasteiger charge is 2.16. The lowest BCUT2D eigenvalue weighted by atomic mass is 10.1. The number of carbonyl (C=O) groups excluding carboxylic acids is 2. The van der Waals surface area contributed by atoms with E-state index in [4.69, 9.17) is 9.26 Å². The lowest BCUT2D eigenvalue weighted by molar-refractivity contribution is 0.0823. The number of aromatic nitrogens is 3. The van der Waals surface area contributed by atoms with Crippen LogP contribution in [-0.4, -0.2) is 34.3 Å². The van der Waals surface area contributed by atoms with Crippen molar-refractivity contribution in [2.24, 2.45) is 0 Å². The SMILES string of the molecule is COc1ccc(-c2cc(C(=O)NNC(=O)c3cc(-c4ccccc4)no3)[nH]n2)cc1. The maximum Gasteiger partial charge on any atom is 0.308 e. The number of hydrogen-bond acceptors (Lipinski definition) is 6. The van der Waals surface area contributed by atoms with Crippen molar-refractivity contribution in [1.82, 2.24) is 26.2 Å². The molecule has 150 valence electrons. The zero-order valence-electron chi connectivity index (χ0n) is 15.9. The number of carbonyl (C=O) groups is 2. The molecular weight excluding hydrogens is 386 g/mol. The summed E-state index contributed by atoms with van der Waals surface area (Å²) < 4.78 is 10.2. The van der Waals surface area contributed by atoms with Gasteiger partial charge in [-0.15, -0.1) is 0 Å². The summed E-state index contributed by atoms with van der Waals surface area (Å²) in [6, 6.07) is 19.6. The minimum Gasteiger partial charge on any atom is -0.497 e. The molecule has 0 atom stereocenters. The number of hydrogen-bond donors (Lipinski definition) is 3. The minimum atomic E-state index is -0.632. The fourth-order valence-electron chi connectivity index (χ4n) is 2.72. The van der Waals surface area contributed by atoms with Crippen molar-refractivity contribution in [3.8, 4) is 28.3 Å². The van der Waals surface area contributed by atoms with E-state index in [1.807, 2.05) is 42.5 Å². The Morgan fingerprint density at radius 2 is 1.60 bits per heavy atom. The molecule has 0 aliphatic rings. The van der Waals surface area contributed by atoms with E-state index < -0.39 is 11.8 Å². The maximum atomic E-state index is 12.3. The summed E-state index contributed by atoms with van der Waals surface area (Å²) in [6.07, 6.45) is 0. The predicted molar refractivity (Wildman–Crippen MR) is 107 cm³/mol. The number of methoxy groups -OCH3 is 1. The molecule has 2 heterocycles. The largest absolute Gasteiger partial charge is 0.497 e. The van der Waals surface area contributed by atoms with E-state index in [1.165, 1.54) is 6.07 Å². The molecular formula is C21H17N5O4. The normalized spacial score (nSPS) is 10.4. The van der Waals surface area contributed by atoms with Crippen molar-refractivity contribution in [3.63, 3.8) is 0 Å². The van der Waals surface area contributed by atoms with Gasteiger partial charge in [0.2, 0.25) is 5.76 Å². The number of nitrogens with one attached hydrogen (secondary N) is 3. The van der Waals surface area contributed by atoms with Gasteiger partial charge in [-0.3, -0.25) is 25.5 Å². The molecule has 4 aromatic rings. The lowest BCUT2D eigenvalue weighted by Gasteiger charge is -2.03. The first-order valence-electron chi connectivity index (χ1n) is 8.96. The molecule has 0 saturated heterocycles. The van der Waals surface area contributed by atoms with Gasteiger partial charge < -0.3 is 9.26 Å². The summed E-state index contributed by atoms with van der Waals surface area (Å²) in [6.45, 7) is 0. The van der Waals surface area contributed by atoms with Gasteiger partial charge in [0.15, 0.2) is 0 Å². The second-order valence-electron chi connectivity index (χ2n) is 6.25. The second-order valence-corrected chi connectivity index (χ2v) is 6.25. The Hall–Kier alpha value is -4.40. The summed E-state index contributed by atoms with van der Waals surface area (Å²) in [7, 11) is 1.58. The van der Waals surface area contributed by atoms with Crippen LogP contribution in [0.2, 0.25) is 0 Å². The van der Waals surface area contributed by atoms with Crippen molar-refractivity contribution < 1.29 is 18.8 Å². The van der Waals surface area contributed by atoms with Crippen LogP contribution in [0.5, 0.6) is 5.75 Å².